The van der Waals surface area contributed by atoms with Crippen molar-refractivity contribution < 1.29 is 29.2 Å². The first-order valence-electron chi connectivity index (χ1n) is 11.4. The Morgan fingerprint density at radius 2 is 1.94 bits per heavy atom. The van der Waals surface area contributed by atoms with Gasteiger partial charge in [-0.15, -0.1) is 0 Å². The third-order valence-corrected chi connectivity index (χ3v) is 5.59. The molecule has 2 atom stereocenters. The van der Waals surface area contributed by atoms with Crippen LogP contribution in [0.4, 0.5) is 0 Å². The van der Waals surface area contributed by atoms with Crippen molar-refractivity contribution in [1.82, 2.24) is 5.32 Å². The Labute approximate surface area is 198 Å². The second-order valence-corrected chi connectivity index (χ2v) is 8.39. The van der Waals surface area contributed by atoms with E-state index in [1.807, 2.05) is 55.5 Å². The second-order valence-electron chi connectivity index (χ2n) is 8.39. The third kappa shape index (κ3) is 6.27. The quantitative estimate of drug-likeness (QED) is 0.414. The molecule has 0 aromatic heterocycles. The molecule has 3 aromatic carbocycles. The first-order chi connectivity index (χ1) is 16.5. The fraction of sp³-hybridized carbons (Fsp3) is 0.296. The average molecular weight is 464 g/mol. The first kappa shape index (κ1) is 23.6. The molecule has 34 heavy (non-hydrogen) atoms. The number of aliphatic hydroxyl groups excluding tert-OH is 1. The molecule has 0 aliphatic carbocycles. The maximum absolute atomic E-state index is 11.5. The second kappa shape index (κ2) is 11.0. The highest BCUT2D eigenvalue weighted by Gasteiger charge is 2.21. The van der Waals surface area contributed by atoms with Gasteiger partial charge in [-0.25, -0.2) is 4.79 Å². The van der Waals surface area contributed by atoms with Gasteiger partial charge in [0.25, 0.3) is 0 Å². The highest BCUT2D eigenvalue weighted by Crippen LogP contribution is 2.33. The lowest BCUT2D eigenvalue weighted by Crippen LogP contribution is -2.39. The minimum absolute atomic E-state index is 0.00257. The predicted molar refractivity (Wildman–Crippen MR) is 128 cm³/mol. The summed E-state index contributed by atoms with van der Waals surface area (Å²) in [6.45, 7) is 3.09. The van der Waals surface area contributed by atoms with Crippen LogP contribution < -0.4 is 19.5 Å². The third-order valence-electron chi connectivity index (χ3n) is 5.59. The molecule has 4 rings (SSSR count). The van der Waals surface area contributed by atoms with Crippen molar-refractivity contribution in [2.45, 2.75) is 32.0 Å². The molecule has 3 N–H and O–H groups in total. The number of hydrogen-bond acceptors (Lipinski definition) is 6. The monoisotopic (exact) mass is 463 g/mol. The summed E-state index contributed by atoms with van der Waals surface area (Å²) < 4.78 is 17.5. The van der Waals surface area contributed by atoms with E-state index in [0.29, 0.717) is 24.6 Å². The smallest absolute Gasteiger partial charge is 0.339 e. The van der Waals surface area contributed by atoms with Crippen LogP contribution in [0.25, 0.3) is 0 Å². The number of ether oxygens (including phenoxy) is 3. The number of aryl methyl sites for hydroxylation is 2. The van der Waals surface area contributed by atoms with E-state index in [1.165, 1.54) is 0 Å². The van der Waals surface area contributed by atoms with Gasteiger partial charge in [-0.2, -0.15) is 0 Å². The minimum Gasteiger partial charge on any atom is -0.491 e. The number of hydrogen-bond donors (Lipinski definition) is 3. The summed E-state index contributed by atoms with van der Waals surface area (Å²) in [7, 11) is 0. The van der Waals surface area contributed by atoms with Crippen LogP contribution in [0.1, 0.15) is 27.9 Å². The minimum atomic E-state index is -1.02. The van der Waals surface area contributed by atoms with Crippen LogP contribution in [0, 0.1) is 6.92 Å². The van der Waals surface area contributed by atoms with Crippen LogP contribution in [-0.4, -0.2) is 48.1 Å². The van der Waals surface area contributed by atoms with Gasteiger partial charge in [0.15, 0.2) is 0 Å². The van der Waals surface area contributed by atoms with Crippen molar-refractivity contribution in [3.63, 3.8) is 0 Å². The van der Waals surface area contributed by atoms with Gasteiger partial charge in [-0.3, -0.25) is 0 Å². The molecule has 1 aliphatic heterocycles. The fourth-order valence-corrected chi connectivity index (χ4v) is 3.83. The van der Waals surface area contributed by atoms with Crippen LogP contribution in [0.5, 0.6) is 23.0 Å². The van der Waals surface area contributed by atoms with Gasteiger partial charge < -0.3 is 29.7 Å². The topological polar surface area (TPSA) is 97.3 Å². The van der Waals surface area contributed by atoms with Crippen LogP contribution in [0.15, 0.2) is 66.7 Å². The van der Waals surface area contributed by atoms with Crippen molar-refractivity contribution >= 4 is 5.97 Å². The van der Waals surface area contributed by atoms with Gasteiger partial charge in [0.2, 0.25) is 0 Å². The molecule has 0 unspecified atom stereocenters. The zero-order valence-corrected chi connectivity index (χ0v) is 19.1. The van der Waals surface area contributed by atoms with Gasteiger partial charge in [0.1, 0.15) is 47.4 Å². The largest absolute Gasteiger partial charge is 0.491 e. The molecule has 7 heteroatoms. The molecular weight excluding hydrogens is 434 g/mol. The maximum Gasteiger partial charge on any atom is 0.339 e. The van der Waals surface area contributed by atoms with Crippen molar-refractivity contribution in [3.05, 3.63) is 83.4 Å². The number of carboxylic acid groups (broad SMARTS) is 1. The summed E-state index contributed by atoms with van der Waals surface area (Å²) >= 11 is 0. The van der Waals surface area contributed by atoms with E-state index < -0.39 is 12.1 Å². The molecule has 0 saturated heterocycles. The molecule has 0 saturated carbocycles. The van der Waals surface area contributed by atoms with E-state index in [1.54, 1.807) is 18.2 Å². The number of carboxylic acids is 1. The van der Waals surface area contributed by atoms with Crippen LogP contribution in [0.3, 0.4) is 0 Å². The van der Waals surface area contributed by atoms with E-state index in [4.69, 9.17) is 14.2 Å². The summed E-state index contributed by atoms with van der Waals surface area (Å²) in [5.41, 5.74) is 2.02. The zero-order valence-electron chi connectivity index (χ0n) is 19.1. The SMILES string of the molecule is Cc1ccc(Oc2ccc3c(c2)CC[C@H](CNC[C@H](O)COc2ccccc2)O3)c(C(=O)O)c1. The highest BCUT2D eigenvalue weighted by molar-refractivity contribution is 5.91. The summed E-state index contributed by atoms with van der Waals surface area (Å²) in [4.78, 5) is 11.5. The Morgan fingerprint density at radius 3 is 2.74 bits per heavy atom. The number of aromatic carboxylic acids is 1. The summed E-state index contributed by atoms with van der Waals surface area (Å²) in [6.07, 6.45) is 1.02. The van der Waals surface area contributed by atoms with Gasteiger partial charge in [0.05, 0.1) is 0 Å². The van der Waals surface area contributed by atoms with E-state index in [0.717, 1.165) is 35.5 Å². The van der Waals surface area contributed by atoms with E-state index in [2.05, 4.69) is 5.32 Å². The average Bonchev–Trinajstić information content (AvgIpc) is 2.84. The maximum atomic E-state index is 11.5. The Bertz CT molecular complexity index is 1120. The number of nitrogens with one attached hydrogen (secondary N) is 1. The molecule has 0 radical (unpaired) electrons. The summed E-state index contributed by atoms with van der Waals surface area (Å²) in [5.74, 6) is 1.39. The zero-order chi connectivity index (χ0) is 23.9. The molecule has 7 nitrogen and oxygen atoms in total. The van der Waals surface area contributed by atoms with Crippen molar-refractivity contribution in [2.24, 2.45) is 0 Å². The molecule has 1 aliphatic rings. The Morgan fingerprint density at radius 1 is 1.12 bits per heavy atom. The Balaban J connectivity index is 1.26. The molecule has 0 amide bonds. The number of fused-ring (bicyclic) bond motifs is 1. The normalized spacial score (nSPS) is 15.6. The summed E-state index contributed by atoms with van der Waals surface area (Å²) in [6, 6.07) is 20.1. The summed E-state index contributed by atoms with van der Waals surface area (Å²) in [5, 5.41) is 22.8. The molecule has 1 heterocycles. The molecule has 0 spiro atoms. The van der Waals surface area contributed by atoms with Crippen molar-refractivity contribution in [1.29, 1.82) is 0 Å². The van der Waals surface area contributed by atoms with Gasteiger partial charge >= 0.3 is 5.97 Å². The molecular formula is C27H29NO6. The lowest BCUT2D eigenvalue weighted by atomic mass is 10.0. The van der Waals surface area contributed by atoms with Crippen LogP contribution >= 0.6 is 0 Å². The van der Waals surface area contributed by atoms with Crippen LogP contribution in [0.2, 0.25) is 0 Å². The molecule has 0 bridgehead atoms. The lowest BCUT2D eigenvalue weighted by Gasteiger charge is -2.27. The van der Waals surface area contributed by atoms with Crippen molar-refractivity contribution in [3.8, 4) is 23.0 Å². The Kier molecular flexibility index (Phi) is 7.67. The molecule has 178 valence electrons. The van der Waals surface area contributed by atoms with Gasteiger partial charge in [-0.1, -0.05) is 29.8 Å². The van der Waals surface area contributed by atoms with Crippen LogP contribution in [-0.2, 0) is 6.42 Å². The van der Waals surface area contributed by atoms with E-state index in [-0.39, 0.29) is 18.3 Å². The van der Waals surface area contributed by atoms with E-state index in [9.17, 15) is 15.0 Å². The first-order valence-corrected chi connectivity index (χ1v) is 11.4. The molecule has 0 fully saturated rings. The van der Waals surface area contributed by atoms with Gasteiger partial charge in [0, 0.05) is 13.1 Å². The van der Waals surface area contributed by atoms with Gasteiger partial charge in [-0.05, 0) is 67.8 Å². The highest BCUT2D eigenvalue weighted by atomic mass is 16.5. The fourth-order valence-electron chi connectivity index (χ4n) is 3.83. The molecule has 3 aromatic rings. The Hall–Kier alpha value is -3.55. The number of aliphatic hydroxyl groups is 1. The van der Waals surface area contributed by atoms with Crippen molar-refractivity contribution in [2.75, 3.05) is 19.7 Å². The number of para-hydroxylation sites is 1. The number of carbonyl (C=O) groups is 1. The lowest BCUT2D eigenvalue weighted by molar-refractivity contribution is 0.0694. The number of rotatable bonds is 10. The predicted octanol–water partition coefficient (Wildman–Crippen LogP) is 4.21. The number of benzene rings is 3. The standard InChI is InChI=1S/C27H29NO6/c1-18-7-11-26(24(13-18)27(30)31)33-22-10-12-25-19(14-22)8-9-23(34-25)16-28-15-20(29)17-32-21-5-3-2-4-6-21/h2-7,10-14,20,23,28-29H,8-9,15-17H2,1H3,(H,30,31)/t20-,23+/m0/s1. The van der Waals surface area contributed by atoms with E-state index >= 15 is 0 Å².